The summed E-state index contributed by atoms with van der Waals surface area (Å²) in [5, 5.41) is 3.76. The molecule has 1 aromatic heterocycles. The van der Waals surface area contributed by atoms with Crippen molar-refractivity contribution in [3.05, 3.63) is 58.2 Å². The third kappa shape index (κ3) is 4.19. The van der Waals surface area contributed by atoms with Crippen LogP contribution in [0.2, 0.25) is 5.02 Å². The molecule has 0 fully saturated rings. The summed E-state index contributed by atoms with van der Waals surface area (Å²) in [7, 11) is 0. The number of anilines is 1. The molecule has 21 heavy (non-hydrogen) atoms. The third-order valence-electron chi connectivity index (χ3n) is 2.59. The Hall–Kier alpha value is -2.08. The fourth-order valence-electron chi connectivity index (χ4n) is 1.59. The van der Waals surface area contributed by atoms with Crippen molar-refractivity contribution in [3.63, 3.8) is 0 Å². The highest BCUT2D eigenvalue weighted by atomic mass is 35.5. The van der Waals surface area contributed by atoms with Gasteiger partial charge < -0.3 is 0 Å². The number of benzene rings is 1. The lowest BCUT2D eigenvalue weighted by Crippen LogP contribution is -2.06. The predicted octanol–water partition coefficient (Wildman–Crippen LogP) is 4.51. The molecule has 0 unspecified atom stereocenters. The van der Waals surface area contributed by atoms with Gasteiger partial charge in [-0.05, 0) is 18.6 Å². The highest BCUT2D eigenvalue weighted by Crippen LogP contribution is 2.32. The van der Waals surface area contributed by atoms with Gasteiger partial charge in [-0.25, -0.2) is 4.98 Å². The summed E-state index contributed by atoms with van der Waals surface area (Å²) in [6.07, 6.45) is -2.24. The van der Waals surface area contributed by atoms with Crippen LogP contribution >= 0.6 is 11.6 Å². The summed E-state index contributed by atoms with van der Waals surface area (Å²) in [5.74, 6) is 0.0635. The SMILES string of the molecule is Cc1cccc(/C=N\Nc2ncc(C(F)(F)F)cc2Cl)c1. The van der Waals surface area contributed by atoms with Crippen LogP contribution in [0.25, 0.3) is 0 Å². The molecule has 0 radical (unpaired) electrons. The minimum Gasteiger partial charge on any atom is -0.260 e. The molecule has 2 aromatic rings. The summed E-state index contributed by atoms with van der Waals surface area (Å²) >= 11 is 5.74. The maximum Gasteiger partial charge on any atom is 0.417 e. The molecule has 110 valence electrons. The Balaban J connectivity index is 2.10. The molecule has 7 heteroatoms. The Labute approximate surface area is 124 Å². The zero-order chi connectivity index (χ0) is 15.5. The number of hydrazone groups is 1. The van der Waals surface area contributed by atoms with Crippen LogP contribution < -0.4 is 5.43 Å². The highest BCUT2D eigenvalue weighted by Gasteiger charge is 2.31. The summed E-state index contributed by atoms with van der Waals surface area (Å²) in [4.78, 5) is 3.62. The number of hydrogen-bond donors (Lipinski definition) is 1. The average Bonchev–Trinajstić information content (AvgIpc) is 2.39. The van der Waals surface area contributed by atoms with Gasteiger partial charge in [0.2, 0.25) is 0 Å². The van der Waals surface area contributed by atoms with Crippen molar-refractivity contribution in [2.45, 2.75) is 13.1 Å². The van der Waals surface area contributed by atoms with E-state index < -0.39 is 11.7 Å². The minimum atomic E-state index is -4.47. The lowest BCUT2D eigenvalue weighted by Gasteiger charge is -2.08. The second-order valence-corrected chi connectivity index (χ2v) is 4.74. The van der Waals surface area contributed by atoms with Crippen molar-refractivity contribution in [2.24, 2.45) is 5.10 Å². The van der Waals surface area contributed by atoms with Gasteiger partial charge in [-0.1, -0.05) is 41.4 Å². The lowest BCUT2D eigenvalue weighted by atomic mass is 10.2. The molecule has 2 rings (SSSR count). The molecule has 0 bridgehead atoms. The van der Waals surface area contributed by atoms with E-state index in [0.717, 1.165) is 17.2 Å². The number of alkyl halides is 3. The molecule has 0 aliphatic carbocycles. The topological polar surface area (TPSA) is 37.3 Å². The van der Waals surface area contributed by atoms with Gasteiger partial charge >= 0.3 is 6.18 Å². The van der Waals surface area contributed by atoms with E-state index in [1.807, 2.05) is 31.2 Å². The van der Waals surface area contributed by atoms with Gasteiger partial charge in [-0.15, -0.1) is 0 Å². The number of nitrogens with one attached hydrogen (secondary N) is 1. The Bertz CT molecular complexity index is 669. The van der Waals surface area contributed by atoms with Gasteiger partial charge in [-0.2, -0.15) is 18.3 Å². The fraction of sp³-hybridized carbons (Fsp3) is 0.143. The van der Waals surface area contributed by atoms with Crippen molar-refractivity contribution in [3.8, 4) is 0 Å². The highest BCUT2D eigenvalue weighted by molar-refractivity contribution is 6.32. The van der Waals surface area contributed by atoms with Crippen LogP contribution in [-0.2, 0) is 6.18 Å². The van der Waals surface area contributed by atoms with E-state index in [0.29, 0.717) is 6.20 Å². The van der Waals surface area contributed by atoms with Gasteiger partial charge in [0.15, 0.2) is 5.82 Å². The van der Waals surface area contributed by atoms with Crippen LogP contribution in [0.3, 0.4) is 0 Å². The second kappa shape index (κ2) is 6.13. The first kappa shape index (κ1) is 15.3. The number of aromatic nitrogens is 1. The fourth-order valence-corrected chi connectivity index (χ4v) is 1.80. The number of rotatable bonds is 3. The Morgan fingerprint density at radius 3 is 2.67 bits per heavy atom. The third-order valence-corrected chi connectivity index (χ3v) is 2.88. The van der Waals surface area contributed by atoms with Gasteiger partial charge in [0.05, 0.1) is 16.8 Å². The summed E-state index contributed by atoms with van der Waals surface area (Å²) in [5.41, 5.74) is 3.54. The number of hydrogen-bond acceptors (Lipinski definition) is 3. The number of nitrogens with zero attached hydrogens (tertiary/aromatic N) is 2. The minimum absolute atomic E-state index is 0.0635. The van der Waals surface area contributed by atoms with Crippen LogP contribution in [0.15, 0.2) is 41.6 Å². The summed E-state index contributed by atoms with van der Waals surface area (Å²) in [6.45, 7) is 1.94. The number of pyridine rings is 1. The van der Waals surface area contributed by atoms with Gasteiger partial charge in [-0.3, -0.25) is 5.43 Å². The van der Waals surface area contributed by atoms with Crippen LogP contribution in [0.5, 0.6) is 0 Å². The first-order valence-electron chi connectivity index (χ1n) is 5.95. The van der Waals surface area contributed by atoms with Gasteiger partial charge in [0, 0.05) is 6.20 Å². The molecule has 0 amide bonds. The number of aryl methyl sites for hydroxylation is 1. The standard InChI is InChI=1S/C14H11ClF3N3/c1-9-3-2-4-10(5-9)7-20-21-13-12(15)6-11(8-19-13)14(16,17)18/h2-8H,1H3,(H,19,21)/b20-7-. The quantitative estimate of drug-likeness (QED) is 0.669. The van der Waals surface area contributed by atoms with Crippen LogP contribution in [-0.4, -0.2) is 11.2 Å². The largest absolute Gasteiger partial charge is 0.417 e. The molecule has 1 heterocycles. The van der Waals surface area contributed by atoms with Crippen LogP contribution in [0.4, 0.5) is 19.0 Å². The monoisotopic (exact) mass is 313 g/mol. The first-order valence-corrected chi connectivity index (χ1v) is 6.32. The Morgan fingerprint density at radius 1 is 1.29 bits per heavy atom. The molecule has 0 aliphatic heterocycles. The molecule has 0 spiro atoms. The second-order valence-electron chi connectivity index (χ2n) is 4.34. The molecular weight excluding hydrogens is 303 g/mol. The normalized spacial score (nSPS) is 11.9. The maximum atomic E-state index is 12.5. The van der Waals surface area contributed by atoms with Gasteiger partial charge in [0.1, 0.15) is 0 Å². The van der Waals surface area contributed by atoms with E-state index in [2.05, 4.69) is 15.5 Å². The first-order chi connectivity index (χ1) is 9.86. The zero-order valence-electron chi connectivity index (χ0n) is 10.9. The summed E-state index contributed by atoms with van der Waals surface area (Å²) < 4.78 is 37.4. The molecule has 1 N–H and O–H groups in total. The smallest absolute Gasteiger partial charge is 0.260 e. The van der Waals surface area contributed by atoms with E-state index in [1.54, 1.807) is 0 Å². The average molecular weight is 314 g/mol. The van der Waals surface area contributed by atoms with Crippen molar-refractivity contribution >= 4 is 23.6 Å². The predicted molar refractivity (Wildman–Crippen MR) is 76.6 cm³/mol. The Kier molecular flexibility index (Phi) is 4.47. The van der Waals surface area contributed by atoms with E-state index in [4.69, 9.17) is 11.6 Å². The molecular formula is C14H11ClF3N3. The van der Waals surface area contributed by atoms with Crippen molar-refractivity contribution in [2.75, 3.05) is 5.43 Å². The lowest BCUT2D eigenvalue weighted by molar-refractivity contribution is -0.137. The molecule has 0 saturated carbocycles. The van der Waals surface area contributed by atoms with E-state index in [1.165, 1.54) is 6.21 Å². The number of halogens is 4. The summed E-state index contributed by atoms with van der Waals surface area (Å²) in [6, 6.07) is 8.38. The van der Waals surface area contributed by atoms with Crippen molar-refractivity contribution in [1.82, 2.24) is 4.98 Å². The van der Waals surface area contributed by atoms with Crippen molar-refractivity contribution in [1.29, 1.82) is 0 Å². The van der Waals surface area contributed by atoms with Crippen LogP contribution in [0.1, 0.15) is 16.7 Å². The maximum absolute atomic E-state index is 12.5. The van der Waals surface area contributed by atoms with E-state index in [9.17, 15) is 13.2 Å². The molecule has 0 aliphatic rings. The van der Waals surface area contributed by atoms with Gasteiger partial charge in [0.25, 0.3) is 0 Å². The zero-order valence-corrected chi connectivity index (χ0v) is 11.7. The molecule has 3 nitrogen and oxygen atoms in total. The van der Waals surface area contributed by atoms with E-state index >= 15 is 0 Å². The van der Waals surface area contributed by atoms with Crippen molar-refractivity contribution < 1.29 is 13.2 Å². The molecule has 1 aromatic carbocycles. The Morgan fingerprint density at radius 2 is 2.05 bits per heavy atom. The van der Waals surface area contributed by atoms with E-state index in [-0.39, 0.29) is 10.8 Å². The molecule has 0 saturated heterocycles. The molecule has 0 atom stereocenters. The van der Waals surface area contributed by atoms with Crippen LogP contribution in [0, 0.1) is 6.92 Å².